The summed E-state index contributed by atoms with van der Waals surface area (Å²) in [5.41, 5.74) is 1.25. The van der Waals surface area contributed by atoms with Gasteiger partial charge in [0.25, 0.3) is 11.8 Å². The molecule has 1 fully saturated rings. The van der Waals surface area contributed by atoms with Gasteiger partial charge < -0.3 is 24.3 Å². The predicted molar refractivity (Wildman–Crippen MR) is 98.0 cm³/mol. The molecule has 3 unspecified atom stereocenters. The third kappa shape index (κ3) is 3.23. The summed E-state index contributed by atoms with van der Waals surface area (Å²) < 4.78 is 12.0. The summed E-state index contributed by atoms with van der Waals surface area (Å²) in [5, 5.41) is 19.2. The van der Waals surface area contributed by atoms with E-state index in [-0.39, 0.29) is 25.1 Å². The lowest BCUT2D eigenvalue weighted by Gasteiger charge is -2.14. The summed E-state index contributed by atoms with van der Waals surface area (Å²) in [5.74, 6) is -1.48. The number of amides is 2. The van der Waals surface area contributed by atoms with E-state index in [0.717, 1.165) is 4.90 Å². The van der Waals surface area contributed by atoms with Gasteiger partial charge in [-0.15, -0.1) is 0 Å². The maximum Gasteiger partial charge on any atom is 0.339 e. The molecule has 0 aliphatic carbocycles. The molecule has 2 aliphatic rings. The lowest BCUT2D eigenvalue weighted by molar-refractivity contribution is -0.0443. The minimum atomic E-state index is -0.839. The van der Waals surface area contributed by atoms with Crippen LogP contribution in [-0.4, -0.2) is 63.4 Å². The minimum absolute atomic E-state index is 0.109. The molecule has 29 heavy (non-hydrogen) atoms. The van der Waals surface area contributed by atoms with Crippen LogP contribution >= 0.6 is 0 Å². The molecule has 0 saturated carbocycles. The van der Waals surface area contributed by atoms with Gasteiger partial charge in [0.1, 0.15) is 12.3 Å². The standard InChI is InChI=1S/C20H20N2O7/c1-28-20(27)14-9-21(17-6-15(24)16(10-23)29-17)7-11(14)8-22-18(25)12-4-2-3-5-13(12)19(22)26/h2-5,7,9,15-17,23-24H,6,8,10H2,1H3. The summed E-state index contributed by atoms with van der Waals surface area (Å²) in [6.07, 6.45) is 1.16. The van der Waals surface area contributed by atoms with Crippen LogP contribution in [0.3, 0.4) is 0 Å². The maximum absolute atomic E-state index is 12.6. The van der Waals surface area contributed by atoms with Gasteiger partial charge in [-0.3, -0.25) is 14.5 Å². The van der Waals surface area contributed by atoms with Gasteiger partial charge in [0.15, 0.2) is 0 Å². The van der Waals surface area contributed by atoms with Crippen LogP contribution in [0.2, 0.25) is 0 Å². The number of nitrogens with zero attached hydrogens (tertiary/aromatic N) is 2. The van der Waals surface area contributed by atoms with E-state index in [9.17, 15) is 24.6 Å². The number of aliphatic hydroxyl groups excluding tert-OH is 2. The molecule has 3 atom stereocenters. The van der Waals surface area contributed by atoms with Crippen molar-refractivity contribution in [1.82, 2.24) is 9.47 Å². The van der Waals surface area contributed by atoms with Crippen LogP contribution in [-0.2, 0) is 16.0 Å². The van der Waals surface area contributed by atoms with E-state index in [1.165, 1.54) is 13.3 Å². The second-order valence-corrected chi connectivity index (χ2v) is 6.99. The third-order valence-corrected chi connectivity index (χ3v) is 5.26. The molecular weight excluding hydrogens is 380 g/mol. The number of esters is 1. The molecule has 0 spiro atoms. The Labute approximate surface area is 166 Å². The van der Waals surface area contributed by atoms with Crippen LogP contribution in [0.15, 0.2) is 36.7 Å². The lowest BCUT2D eigenvalue weighted by atomic mass is 10.1. The molecule has 1 aromatic carbocycles. The first-order valence-corrected chi connectivity index (χ1v) is 9.12. The summed E-state index contributed by atoms with van der Waals surface area (Å²) >= 11 is 0. The quantitative estimate of drug-likeness (QED) is 0.561. The van der Waals surface area contributed by atoms with E-state index >= 15 is 0 Å². The number of hydrogen-bond acceptors (Lipinski definition) is 7. The zero-order chi connectivity index (χ0) is 20.7. The number of aromatic nitrogens is 1. The lowest BCUT2D eigenvalue weighted by Crippen LogP contribution is -2.29. The molecule has 0 bridgehead atoms. The first kappa shape index (κ1) is 19.3. The molecule has 2 aromatic rings. The largest absolute Gasteiger partial charge is 0.465 e. The van der Waals surface area contributed by atoms with E-state index < -0.39 is 36.2 Å². The van der Waals surface area contributed by atoms with E-state index in [2.05, 4.69) is 0 Å². The third-order valence-electron chi connectivity index (χ3n) is 5.26. The van der Waals surface area contributed by atoms with Crippen LogP contribution in [0.25, 0.3) is 0 Å². The molecule has 0 radical (unpaired) electrons. The Bertz CT molecular complexity index is 948. The highest BCUT2D eigenvalue weighted by Gasteiger charge is 2.38. The van der Waals surface area contributed by atoms with Gasteiger partial charge in [0.2, 0.25) is 0 Å². The van der Waals surface area contributed by atoms with E-state index in [0.29, 0.717) is 16.7 Å². The average Bonchev–Trinajstić information content (AvgIpc) is 3.39. The van der Waals surface area contributed by atoms with Crippen molar-refractivity contribution in [1.29, 1.82) is 0 Å². The Hall–Kier alpha value is -3.01. The average molecular weight is 400 g/mol. The first-order chi connectivity index (χ1) is 13.9. The van der Waals surface area contributed by atoms with Crippen molar-refractivity contribution in [2.75, 3.05) is 13.7 Å². The fourth-order valence-corrected chi connectivity index (χ4v) is 3.72. The van der Waals surface area contributed by atoms with Crippen molar-refractivity contribution in [3.8, 4) is 0 Å². The summed E-state index contributed by atoms with van der Waals surface area (Å²) in [6, 6.07) is 6.55. The molecule has 4 rings (SSSR count). The molecule has 1 saturated heterocycles. The number of carbonyl (C=O) groups is 3. The molecule has 9 nitrogen and oxygen atoms in total. The smallest absolute Gasteiger partial charge is 0.339 e. The van der Waals surface area contributed by atoms with Gasteiger partial charge in [-0.2, -0.15) is 0 Å². The number of rotatable bonds is 5. The monoisotopic (exact) mass is 400 g/mol. The van der Waals surface area contributed by atoms with Gasteiger partial charge in [0.05, 0.1) is 43.1 Å². The molecular formula is C20H20N2O7. The van der Waals surface area contributed by atoms with Crippen molar-refractivity contribution in [2.45, 2.75) is 31.4 Å². The number of fused-ring (bicyclic) bond motifs is 1. The summed E-state index contributed by atoms with van der Waals surface area (Å²) in [4.78, 5) is 38.6. The number of imide groups is 1. The highest BCUT2D eigenvalue weighted by molar-refractivity contribution is 6.21. The van der Waals surface area contributed by atoms with Crippen molar-refractivity contribution in [2.24, 2.45) is 0 Å². The Morgan fingerprint density at radius 3 is 2.41 bits per heavy atom. The fourth-order valence-electron chi connectivity index (χ4n) is 3.72. The summed E-state index contributed by atoms with van der Waals surface area (Å²) in [6.45, 7) is -0.437. The number of aliphatic hydroxyl groups is 2. The number of methoxy groups -OCH3 is 1. The Morgan fingerprint density at radius 2 is 1.86 bits per heavy atom. The van der Waals surface area contributed by atoms with Crippen LogP contribution in [0.4, 0.5) is 0 Å². The van der Waals surface area contributed by atoms with Gasteiger partial charge in [-0.1, -0.05) is 12.1 Å². The molecule has 9 heteroatoms. The normalized spacial score (nSPS) is 23.6. The summed E-state index contributed by atoms with van der Waals surface area (Å²) in [7, 11) is 1.24. The van der Waals surface area contributed by atoms with Crippen molar-refractivity contribution in [3.63, 3.8) is 0 Å². The zero-order valence-electron chi connectivity index (χ0n) is 15.6. The van der Waals surface area contributed by atoms with Crippen LogP contribution in [0.1, 0.15) is 49.3 Å². The molecule has 2 amide bonds. The number of ether oxygens (including phenoxy) is 2. The number of benzene rings is 1. The molecule has 3 heterocycles. The van der Waals surface area contributed by atoms with E-state index in [4.69, 9.17) is 9.47 Å². The second kappa shape index (κ2) is 7.43. The van der Waals surface area contributed by atoms with Gasteiger partial charge in [0, 0.05) is 24.4 Å². The van der Waals surface area contributed by atoms with Gasteiger partial charge >= 0.3 is 5.97 Å². The highest BCUT2D eigenvalue weighted by Crippen LogP contribution is 2.31. The molecule has 152 valence electrons. The van der Waals surface area contributed by atoms with Crippen LogP contribution in [0.5, 0.6) is 0 Å². The molecule has 2 N–H and O–H groups in total. The minimum Gasteiger partial charge on any atom is -0.465 e. The van der Waals surface area contributed by atoms with Gasteiger partial charge in [-0.25, -0.2) is 4.79 Å². The number of hydrogen-bond donors (Lipinski definition) is 2. The van der Waals surface area contributed by atoms with Crippen molar-refractivity contribution in [3.05, 3.63) is 58.9 Å². The fraction of sp³-hybridized carbons (Fsp3) is 0.350. The van der Waals surface area contributed by atoms with Crippen molar-refractivity contribution < 1.29 is 34.1 Å². The SMILES string of the molecule is COC(=O)c1cn(C2CC(O)C(CO)O2)cc1CN1C(=O)c2ccccc2C1=O. The van der Waals surface area contributed by atoms with Crippen molar-refractivity contribution >= 4 is 17.8 Å². The van der Waals surface area contributed by atoms with E-state index in [1.807, 2.05) is 0 Å². The second-order valence-electron chi connectivity index (χ2n) is 6.99. The topological polar surface area (TPSA) is 118 Å². The Kier molecular flexibility index (Phi) is 4.95. The molecule has 2 aliphatic heterocycles. The zero-order valence-corrected chi connectivity index (χ0v) is 15.6. The van der Waals surface area contributed by atoms with Crippen LogP contribution in [0, 0.1) is 0 Å². The maximum atomic E-state index is 12.6. The van der Waals surface area contributed by atoms with Crippen LogP contribution < -0.4 is 0 Å². The highest BCUT2D eigenvalue weighted by atomic mass is 16.5. The Morgan fingerprint density at radius 1 is 1.21 bits per heavy atom. The predicted octanol–water partition coefficient (Wildman–Crippen LogP) is 0.712. The number of carbonyl (C=O) groups excluding carboxylic acids is 3. The first-order valence-electron chi connectivity index (χ1n) is 9.12. The van der Waals surface area contributed by atoms with E-state index in [1.54, 1.807) is 35.0 Å². The Balaban J connectivity index is 1.64. The molecule has 1 aromatic heterocycles. The van der Waals surface area contributed by atoms with Gasteiger partial charge in [-0.05, 0) is 12.1 Å².